The van der Waals surface area contributed by atoms with Crippen LogP contribution in [0, 0.1) is 10.1 Å². The monoisotopic (exact) mass is 322 g/mol. The van der Waals surface area contributed by atoms with E-state index in [1.807, 2.05) is 4.90 Å². The van der Waals surface area contributed by atoms with Gasteiger partial charge in [-0.15, -0.1) is 0 Å². The van der Waals surface area contributed by atoms with E-state index in [-0.39, 0.29) is 17.3 Å². The summed E-state index contributed by atoms with van der Waals surface area (Å²) in [7, 11) is 0. The van der Waals surface area contributed by atoms with E-state index in [0.29, 0.717) is 38.3 Å². The summed E-state index contributed by atoms with van der Waals surface area (Å²) in [5.74, 6) is 0.565. The Bertz CT molecular complexity index is 570. The number of nitrogens with two attached hydrogens (primary N) is 1. The molecular formula is C14H22N6O3. The third kappa shape index (κ3) is 3.61. The number of nitro groups is 1. The van der Waals surface area contributed by atoms with E-state index in [9.17, 15) is 10.1 Å². The Labute approximate surface area is 134 Å². The first kappa shape index (κ1) is 15.7. The largest absolute Gasteiger partial charge is 0.378 e. The fraction of sp³-hybridized carbons (Fsp3) is 0.714. The molecular weight excluding hydrogens is 300 g/mol. The first-order chi connectivity index (χ1) is 11.1. The zero-order chi connectivity index (χ0) is 16.2. The van der Waals surface area contributed by atoms with Crippen LogP contribution in [0.1, 0.15) is 32.1 Å². The second-order valence-corrected chi connectivity index (χ2v) is 5.94. The molecule has 1 saturated carbocycles. The maximum atomic E-state index is 11.4. The minimum Gasteiger partial charge on any atom is -0.378 e. The Morgan fingerprint density at radius 3 is 2.57 bits per heavy atom. The van der Waals surface area contributed by atoms with Gasteiger partial charge < -0.3 is 20.7 Å². The van der Waals surface area contributed by atoms with E-state index in [0.717, 1.165) is 12.8 Å². The highest BCUT2D eigenvalue weighted by atomic mass is 16.6. The van der Waals surface area contributed by atoms with E-state index in [2.05, 4.69) is 15.3 Å². The van der Waals surface area contributed by atoms with Gasteiger partial charge in [-0.2, -0.15) is 9.97 Å². The number of hydrogen-bond acceptors (Lipinski definition) is 8. The average molecular weight is 322 g/mol. The second-order valence-electron chi connectivity index (χ2n) is 5.94. The molecule has 0 spiro atoms. The van der Waals surface area contributed by atoms with Crippen LogP contribution in [-0.2, 0) is 4.74 Å². The molecule has 0 unspecified atom stereocenters. The van der Waals surface area contributed by atoms with Gasteiger partial charge in [0.05, 0.1) is 18.1 Å². The van der Waals surface area contributed by atoms with Gasteiger partial charge in [0, 0.05) is 19.1 Å². The van der Waals surface area contributed by atoms with Crippen LogP contribution in [0.4, 0.5) is 23.3 Å². The van der Waals surface area contributed by atoms with Gasteiger partial charge in [-0.25, -0.2) is 0 Å². The van der Waals surface area contributed by atoms with Gasteiger partial charge in [-0.1, -0.05) is 19.3 Å². The lowest BCUT2D eigenvalue weighted by Crippen LogP contribution is -2.37. The minimum absolute atomic E-state index is 0.0928. The maximum absolute atomic E-state index is 11.4. The molecule has 2 aliphatic rings. The van der Waals surface area contributed by atoms with Crippen LogP contribution in [-0.4, -0.2) is 47.2 Å². The van der Waals surface area contributed by atoms with Gasteiger partial charge >= 0.3 is 5.69 Å². The summed E-state index contributed by atoms with van der Waals surface area (Å²) in [5, 5.41) is 14.6. The van der Waals surface area contributed by atoms with Gasteiger partial charge in [0.15, 0.2) is 0 Å². The quantitative estimate of drug-likeness (QED) is 0.633. The van der Waals surface area contributed by atoms with Crippen molar-refractivity contribution in [3.63, 3.8) is 0 Å². The van der Waals surface area contributed by atoms with Crippen molar-refractivity contribution in [1.82, 2.24) is 9.97 Å². The Morgan fingerprint density at radius 1 is 1.22 bits per heavy atom. The van der Waals surface area contributed by atoms with E-state index in [4.69, 9.17) is 10.5 Å². The van der Waals surface area contributed by atoms with Crippen LogP contribution in [0.3, 0.4) is 0 Å². The van der Waals surface area contributed by atoms with Crippen molar-refractivity contribution in [2.75, 3.05) is 42.3 Å². The zero-order valence-electron chi connectivity index (χ0n) is 13.0. The molecule has 3 rings (SSSR count). The standard InChI is InChI=1S/C14H22N6O3/c15-12-11(20(21)22)13(19-6-8-23-9-7-19)18-14(17-12)16-10-4-2-1-3-5-10/h10H,1-9H2,(H3,15,16,17,18). The molecule has 3 N–H and O–H groups in total. The van der Waals surface area contributed by atoms with Gasteiger partial charge in [0.2, 0.25) is 17.6 Å². The van der Waals surface area contributed by atoms with Crippen molar-refractivity contribution < 1.29 is 9.66 Å². The van der Waals surface area contributed by atoms with Crippen LogP contribution in [0.5, 0.6) is 0 Å². The lowest BCUT2D eigenvalue weighted by molar-refractivity contribution is -0.383. The number of nitrogen functional groups attached to an aromatic ring is 1. The highest BCUT2D eigenvalue weighted by Gasteiger charge is 2.29. The number of nitrogens with zero attached hydrogens (tertiary/aromatic N) is 4. The highest BCUT2D eigenvalue weighted by Crippen LogP contribution is 2.33. The van der Waals surface area contributed by atoms with Crippen LogP contribution in [0.15, 0.2) is 0 Å². The Balaban J connectivity index is 1.88. The lowest BCUT2D eigenvalue weighted by atomic mass is 9.96. The number of hydrogen-bond donors (Lipinski definition) is 2. The van der Waals surface area contributed by atoms with E-state index in [1.165, 1.54) is 19.3 Å². The molecule has 0 radical (unpaired) electrons. The number of ether oxygens (including phenoxy) is 1. The number of morpholine rings is 1. The van der Waals surface area contributed by atoms with Crippen molar-refractivity contribution in [2.24, 2.45) is 0 Å². The first-order valence-electron chi connectivity index (χ1n) is 8.06. The highest BCUT2D eigenvalue weighted by molar-refractivity contribution is 5.71. The number of nitrogens with one attached hydrogen (secondary N) is 1. The molecule has 2 heterocycles. The summed E-state index contributed by atoms with van der Waals surface area (Å²) < 4.78 is 5.30. The molecule has 9 nitrogen and oxygen atoms in total. The molecule has 126 valence electrons. The molecule has 0 atom stereocenters. The fourth-order valence-corrected chi connectivity index (χ4v) is 3.12. The van der Waals surface area contributed by atoms with E-state index >= 15 is 0 Å². The first-order valence-corrected chi connectivity index (χ1v) is 8.06. The molecule has 1 aromatic rings. The lowest BCUT2D eigenvalue weighted by Gasteiger charge is -2.28. The predicted molar refractivity (Wildman–Crippen MR) is 86.6 cm³/mol. The summed E-state index contributed by atoms with van der Waals surface area (Å²) in [6.07, 6.45) is 5.73. The SMILES string of the molecule is Nc1nc(NC2CCCCC2)nc(N2CCOCC2)c1[N+](=O)[O-]. The molecule has 2 fully saturated rings. The second kappa shape index (κ2) is 6.95. The normalized spacial score (nSPS) is 19.6. The summed E-state index contributed by atoms with van der Waals surface area (Å²) >= 11 is 0. The Kier molecular flexibility index (Phi) is 4.75. The minimum atomic E-state index is -0.509. The van der Waals surface area contributed by atoms with Crippen LogP contribution < -0.4 is 16.0 Å². The fourth-order valence-electron chi connectivity index (χ4n) is 3.12. The zero-order valence-corrected chi connectivity index (χ0v) is 13.0. The van der Waals surface area contributed by atoms with Crippen molar-refractivity contribution in [3.05, 3.63) is 10.1 Å². The van der Waals surface area contributed by atoms with Gasteiger partial charge in [-0.05, 0) is 12.8 Å². The summed E-state index contributed by atoms with van der Waals surface area (Å²) in [6, 6.07) is 0.308. The number of rotatable bonds is 4. The van der Waals surface area contributed by atoms with E-state index in [1.54, 1.807) is 0 Å². The third-order valence-corrected chi connectivity index (χ3v) is 4.32. The average Bonchev–Trinajstić information content (AvgIpc) is 2.55. The molecule has 0 aromatic carbocycles. The summed E-state index contributed by atoms with van der Waals surface area (Å²) in [6.45, 7) is 2.15. The third-order valence-electron chi connectivity index (χ3n) is 4.32. The Hall–Kier alpha value is -2.16. The van der Waals surface area contributed by atoms with Crippen molar-refractivity contribution in [1.29, 1.82) is 0 Å². The molecule has 9 heteroatoms. The summed E-state index contributed by atoms with van der Waals surface area (Å²) in [5.41, 5.74) is 5.62. The van der Waals surface area contributed by atoms with Crippen LogP contribution >= 0.6 is 0 Å². The maximum Gasteiger partial charge on any atom is 0.353 e. The number of aromatic nitrogens is 2. The van der Waals surface area contributed by atoms with Crippen molar-refractivity contribution >= 4 is 23.3 Å². The molecule has 0 bridgehead atoms. The predicted octanol–water partition coefficient (Wildman–Crippen LogP) is 1.55. The molecule has 1 saturated heterocycles. The van der Waals surface area contributed by atoms with Gasteiger partial charge in [-0.3, -0.25) is 10.1 Å². The van der Waals surface area contributed by atoms with Crippen molar-refractivity contribution in [3.8, 4) is 0 Å². The van der Waals surface area contributed by atoms with Gasteiger partial charge in [0.25, 0.3) is 0 Å². The molecule has 23 heavy (non-hydrogen) atoms. The molecule has 1 aliphatic heterocycles. The molecule has 1 aromatic heterocycles. The topological polar surface area (TPSA) is 119 Å². The Morgan fingerprint density at radius 2 is 1.91 bits per heavy atom. The van der Waals surface area contributed by atoms with Gasteiger partial charge in [0.1, 0.15) is 0 Å². The smallest absolute Gasteiger partial charge is 0.353 e. The van der Waals surface area contributed by atoms with E-state index < -0.39 is 4.92 Å². The molecule has 0 amide bonds. The number of anilines is 3. The van der Waals surface area contributed by atoms with Crippen molar-refractivity contribution in [2.45, 2.75) is 38.1 Å². The van der Waals surface area contributed by atoms with Crippen LogP contribution in [0.25, 0.3) is 0 Å². The van der Waals surface area contributed by atoms with Crippen LogP contribution in [0.2, 0.25) is 0 Å². The molecule has 1 aliphatic carbocycles. The summed E-state index contributed by atoms with van der Waals surface area (Å²) in [4.78, 5) is 21.2.